The Labute approximate surface area is 199 Å². The summed E-state index contributed by atoms with van der Waals surface area (Å²) in [7, 11) is 0. The molecule has 2 aromatic rings. The number of nitrogens with one attached hydrogen (secondary N) is 2. The van der Waals surface area contributed by atoms with Crippen molar-refractivity contribution in [3.63, 3.8) is 0 Å². The lowest BCUT2D eigenvalue weighted by atomic mass is 9.40. The molecular formula is C24H20F2N6O3. The lowest BCUT2D eigenvalue weighted by Gasteiger charge is -2.66. The van der Waals surface area contributed by atoms with Crippen molar-refractivity contribution in [1.82, 2.24) is 15.3 Å². The number of aliphatic hydroxyl groups is 1. The second kappa shape index (κ2) is 7.45. The number of carbonyl (C=O) groups excluding carboxylic acids is 1. The molecule has 1 amide bonds. The number of rotatable bonds is 6. The minimum atomic E-state index is -3.37. The van der Waals surface area contributed by atoms with Gasteiger partial charge in [0.05, 0.1) is 17.6 Å². The number of allylic oxidation sites excluding steroid dienone is 1. The number of hydrogen-bond donors (Lipinski definition) is 3. The lowest BCUT2D eigenvalue weighted by Crippen LogP contribution is -2.70. The number of alkyl halides is 2. The fraction of sp³-hybridized carbons (Fsp3) is 0.375. The molecule has 1 aromatic carbocycles. The standard InChI is InChI=1S/C24H20F2N6O3/c1-12-6-14(4-3-5-27)7-13(2)17(12)35-19-15-16(18(33)31-24(15,34)20(25)26)29-21(30-19)32-23-8-22(9-23,10-23)11-28/h3-4,6-7,20,34H,8-10H2,1-2H3,(H,31,33)(H,29,30,32)/b4-3+/t22?,23?,24-/m0/s1. The molecule has 3 aliphatic carbocycles. The summed E-state index contributed by atoms with van der Waals surface area (Å²) in [4.78, 5) is 20.9. The Hall–Kier alpha value is -4.09. The first-order chi connectivity index (χ1) is 16.5. The number of amides is 1. The van der Waals surface area contributed by atoms with Gasteiger partial charge in [-0.2, -0.15) is 15.5 Å². The maximum absolute atomic E-state index is 13.9. The number of hydrogen-bond acceptors (Lipinski definition) is 8. The summed E-state index contributed by atoms with van der Waals surface area (Å²) in [5.74, 6) is -1.07. The van der Waals surface area contributed by atoms with E-state index < -0.39 is 34.9 Å². The van der Waals surface area contributed by atoms with Crippen molar-refractivity contribution in [2.75, 3.05) is 5.32 Å². The summed E-state index contributed by atoms with van der Waals surface area (Å²) < 4.78 is 33.8. The minimum Gasteiger partial charge on any atom is -0.438 e. The van der Waals surface area contributed by atoms with Crippen molar-refractivity contribution in [3.05, 3.63) is 46.2 Å². The normalized spacial score (nSPS) is 27.9. The average molecular weight is 478 g/mol. The van der Waals surface area contributed by atoms with E-state index in [2.05, 4.69) is 21.4 Å². The van der Waals surface area contributed by atoms with Crippen LogP contribution in [0.3, 0.4) is 0 Å². The summed E-state index contributed by atoms with van der Waals surface area (Å²) in [6, 6.07) is 7.68. The number of ether oxygens (including phenoxy) is 1. The number of aryl methyl sites for hydroxylation is 2. The third kappa shape index (κ3) is 3.39. The number of benzene rings is 1. The highest BCUT2D eigenvalue weighted by atomic mass is 19.3. The van der Waals surface area contributed by atoms with E-state index in [0.29, 0.717) is 36.1 Å². The maximum atomic E-state index is 13.9. The van der Waals surface area contributed by atoms with Gasteiger partial charge in [0.25, 0.3) is 12.3 Å². The molecule has 0 spiro atoms. The lowest BCUT2D eigenvalue weighted by molar-refractivity contribution is -0.113. The van der Waals surface area contributed by atoms with Crippen LogP contribution in [-0.2, 0) is 5.72 Å². The van der Waals surface area contributed by atoms with Crippen molar-refractivity contribution in [3.8, 4) is 23.8 Å². The summed E-state index contributed by atoms with van der Waals surface area (Å²) in [5.41, 5.74) is -2.73. The van der Waals surface area contributed by atoms with Gasteiger partial charge in [-0.25, -0.2) is 13.8 Å². The molecule has 0 unspecified atom stereocenters. The zero-order valence-electron chi connectivity index (χ0n) is 18.8. The zero-order valence-corrected chi connectivity index (χ0v) is 18.8. The number of nitriles is 2. The number of halogens is 2. The molecule has 1 aliphatic heterocycles. The molecule has 2 bridgehead atoms. The quantitative estimate of drug-likeness (QED) is 0.536. The summed E-state index contributed by atoms with van der Waals surface area (Å²) >= 11 is 0. The molecule has 4 aliphatic rings. The van der Waals surface area contributed by atoms with Gasteiger partial charge >= 0.3 is 0 Å². The Morgan fingerprint density at radius 1 is 1.23 bits per heavy atom. The Morgan fingerprint density at radius 2 is 1.89 bits per heavy atom. The Bertz CT molecular complexity index is 1350. The number of anilines is 1. The van der Waals surface area contributed by atoms with Crippen LogP contribution in [0.15, 0.2) is 18.2 Å². The highest BCUT2D eigenvalue weighted by Gasteiger charge is 2.69. The van der Waals surface area contributed by atoms with Gasteiger partial charge in [-0.05, 0) is 68.0 Å². The van der Waals surface area contributed by atoms with E-state index in [1.165, 1.54) is 6.08 Å². The molecule has 0 saturated heterocycles. The van der Waals surface area contributed by atoms with Crippen LogP contribution in [0.5, 0.6) is 11.6 Å². The van der Waals surface area contributed by atoms with Crippen LogP contribution in [0, 0.1) is 41.9 Å². The van der Waals surface area contributed by atoms with Gasteiger partial charge in [-0.1, -0.05) is 0 Å². The third-order valence-electron chi connectivity index (χ3n) is 6.77. The molecule has 2 heterocycles. The molecule has 178 valence electrons. The summed E-state index contributed by atoms with van der Waals surface area (Å²) in [6.45, 7) is 3.47. The van der Waals surface area contributed by atoms with Crippen LogP contribution in [-0.4, -0.2) is 32.9 Å². The second-order valence-electron chi connectivity index (χ2n) is 9.47. The first kappa shape index (κ1) is 22.7. The van der Waals surface area contributed by atoms with Gasteiger partial charge in [0, 0.05) is 11.6 Å². The van der Waals surface area contributed by atoms with E-state index >= 15 is 0 Å². The predicted octanol–water partition coefficient (Wildman–Crippen LogP) is 3.43. The SMILES string of the molecule is Cc1cc(/C=C/C#N)cc(C)c1Oc1nc(NC23CC(C#N)(C2)C3)nc2c1[C@](O)(C(F)F)NC2=O. The third-order valence-corrected chi connectivity index (χ3v) is 6.77. The number of aromatic nitrogens is 2. The maximum Gasteiger partial charge on any atom is 0.290 e. The molecular weight excluding hydrogens is 458 g/mol. The molecule has 35 heavy (non-hydrogen) atoms. The van der Waals surface area contributed by atoms with Gasteiger partial charge < -0.3 is 20.5 Å². The van der Waals surface area contributed by atoms with E-state index in [-0.39, 0.29) is 17.2 Å². The van der Waals surface area contributed by atoms with E-state index in [0.717, 1.165) is 5.56 Å². The minimum absolute atomic E-state index is 0.0115. The molecule has 3 fully saturated rings. The Balaban J connectivity index is 1.57. The van der Waals surface area contributed by atoms with Crippen LogP contribution in [0.25, 0.3) is 6.08 Å². The van der Waals surface area contributed by atoms with Crippen molar-refractivity contribution < 1.29 is 23.4 Å². The molecule has 3 N–H and O–H groups in total. The van der Waals surface area contributed by atoms with Crippen LogP contribution in [0.1, 0.15) is 52.0 Å². The largest absolute Gasteiger partial charge is 0.438 e. The van der Waals surface area contributed by atoms with Crippen molar-refractivity contribution in [2.45, 2.75) is 50.8 Å². The first-order valence-corrected chi connectivity index (χ1v) is 10.8. The number of carbonyl (C=O) groups is 1. The van der Waals surface area contributed by atoms with Crippen molar-refractivity contribution in [1.29, 1.82) is 10.5 Å². The monoisotopic (exact) mass is 478 g/mol. The topological polar surface area (TPSA) is 144 Å². The molecule has 1 atom stereocenters. The molecule has 0 radical (unpaired) electrons. The summed E-state index contributed by atoms with van der Waals surface area (Å²) in [6.07, 6.45) is 1.35. The molecule has 9 nitrogen and oxygen atoms in total. The van der Waals surface area contributed by atoms with Gasteiger partial charge in [-0.3, -0.25) is 4.79 Å². The van der Waals surface area contributed by atoms with Crippen LogP contribution in [0.4, 0.5) is 14.7 Å². The molecule has 3 saturated carbocycles. The fourth-order valence-electron chi connectivity index (χ4n) is 5.28. The Morgan fingerprint density at radius 3 is 2.46 bits per heavy atom. The van der Waals surface area contributed by atoms with Crippen LogP contribution in [0.2, 0.25) is 0 Å². The van der Waals surface area contributed by atoms with Gasteiger partial charge in [-0.15, -0.1) is 0 Å². The van der Waals surface area contributed by atoms with Crippen LogP contribution >= 0.6 is 0 Å². The van der Waals surface area contributed by atoms with Gasteiger partial charge in [0.2, 0.25) is 17.6 Å². The van der Waals surface area contributed by atoms with Crippen molar-refractivity contribution in [2.24, 2.45) is 5.41 Å². The number of nitrogens with zero attached hydrogens (tertiary/aromatic N) is 4. The number of fused-ring (bicyclic) bond motifs is 1. The fourth-order valence-corrected chi connectivity index (χ4v) is 5.28. The molecule has 11 heteroatoms. The van der Waals surface area contributed by atoms with Gasteiger partial charge in [0.1, 0.15) is 17.0 Å². The second-order valence-corrected chi connectivity index (χ2v) is 9.47. The highest BCUT2D eigenvalue weighted by Crippen LogP contribution is 2.67. The Kier molecular flexibility index (Phi) is 4.83. The van der Waals surface area contributed by atoms with Crippen molar-refractivity contribution >= 4 is 17.9 Å². The molecule has 6 rings (SSSR count). The van der Waals surface area contributed by atoms with E-state index in [4.69, 9.17) is 10.00 Å². The van der Waals surface area contributed by atoms with Gasteiger partial charge in [0.15, 0.2) is 0 Å². The molecule has 1 aromatic heterocycles. The van der Waals surface area contributed by atoms with E-state index in [1.807, 2.05) is 11.4 Å². The van der Waals surface area contributed by atoms with E-state index in [9.17, 15) is 23.9 Å². The zero-order chi connectivity index (χ0) is 25.2. The smallest absolute Gasteiger partial charge is 0.290 e. The highest BCUT2D eigenvalue weighted by molar-refractivity contribution is 5.99. The first-order valence-electron chi connectivity index (χ1n) is 10.8. The van der Waals surface area contributed by atoms with E-state index in [1.54, 1.807) is 32.1 Å². The average Bonchev–Trinajstić information content (AvgIpc) is 3.02. The predicted molar refractivity (Wildman–Crippen MR) is 118 cm³/mol. The van der Waals surface area contributed by atoms with Crippen LogP contribution < -0.4 is 15.4 Å². The summed E-state index contributed by atoms with van der Waals surface area (Å²) in [5, 5.41) is 33.7.